The quantitative estimate of drug-likeness (QED) is 0.660. The first-order valence-electron chi connectivity index (χ1n) is 7.09. The highest BCUT2D eigenvalue weighted by atomic mass is 16.5. The van der Waals surface area contributed by atoms with Gasteiger partial charge in [0.1, 0.15) is 0 Å². The van der Waals surface area contributed by atoms with Crippen molar-refractivity contribution >= 4 is 0 Å². The van der Waals surface area contributed by atoms with Gasteiger partial charge in [0.25, 0.3) is 0 Å². The lowest BCUT2D eigenvalue weighted by molar-refractivity contribution is 0.0611. The Kier molecular flexibility index (Phi) is 5.26. The van der Waals surface area contributed by atoms with Crippen LogP contribution in [0.25, 0.3) is 0 Å². The SMILES string of the molecule is CNC(CCOCCOC)C1CC2CCC1C2. The fraction of sp³-hybridized carbons (Fsp3) is 1.00. The van der Waals surface area contributed by atoms with Gasteiger partial charge < -0.3 is 14.8 Å². The Morgan fingerprint density at radius 1 is 1.18 bits per heavy atom. The molecular formula is C14H27NO2. The first-order valence-corrected chi connectivity index (χ1v) is 7.09. The molecule has 3 heteroatoms. The van der Waals surface area contributed by atoms with Crippen molar-refractivity contribution in [2.24, 2.45) is 17.8 Å². The summed E-state index contributed by atoms with van der Waals surface area (Å²) in [6.45, 7) is 2.30. The van der Waals surface area contributed by atoms with Crippen molar-refractivity contribution in [3.05, 3.63) is 0 Å². The number of methoxy groups -OCH3 is 1. The molecule has 17 heavy (non-hydrogen) atoms. The first-order chi connectivity index (χ1) is 8.35. The smallest absolute Gasteiger partial charge is 0.0700 e. The topological polar surface area (TPSA) is 30.5 Å². The van der Waals surface area contributed by atoms with Gasteiger partial charge in [0.15, 0.2) is 0 Å². The van der Waals surface area contributed by atoms with Gasteiger partial charge in [0, 0.05) is 19.8 Å². The van der Waals surface area contributed by atoms with Crippen LogP contribution in [0.2, 0.25) is 0 Å². The van der Waals surface area contributed by atoms with E-state index in [1.165, 1.54) is 25.7 Å². The molecule has 4 unspecified atom stereocenters. The Bertz CT molecular complexity index is 222. The molecule has 2 aliphatic carbocycles. The van der Waals surface area contributed by atoms with E-state index < -0.39 is 0 Å². The molecule has 0 aromatic heterocycles. The van der Waals surface area contributed by atoms with Crippen molar-refractivity contribution in [1.82, 2.24) is 5.32 Å². The summed E-state index contributed by atoms with van der Waals surface area (Å²) in [5, 5.41) is 3.51. The predicted molar refractivity (Wildman–Crippen MR) is 69.1 cm³/mol. The minimum atomic E-state index is 0.660. The summed E-state index contributed by atoms with van der Waals surface area (Å²) in [7, 11) is 3.82. The molecule has 2 rings (SSSR count). The minimum Gasteiger partial charge on any atom is -0.382 e. The van der Waals surface area contributed by atoms with Crippen molar-refractivity contribution < 1.29 is 9.47 Å². The van der Waals surface area contributed by atoms with Gasteiger partial charge in [-0.25, -0.2) is 0 Å². The van der Waals surface area contributed by atoms with Crippen LogP contribution < -0.4 is 5.32 Å². The second kappa shape index (κ2) is 6.72. The third kappa shape index (κ3) is 3.43. The van der Waals surface area contributed by atoms with Gasteiger partial charge in [-0.3, -0.25) is 0 Å². The van der Waals surface area contributed by atoms with E-state index in [9.17, 15) is 0 Å². The van der Waals surface area contributed by atoms with Gasteiger partial charge in [0.05, 0.1) is 13.2 Å². The fourth-order valence-electron chi connectivity index (χ4n) is 3.81. The van der Waals surface area contributed by atoms with E-state index in [-0.39, 0.29) is 0 Å². The number of nitrogens with one attached hydrogen (secondary N) is 1. The monoisotopic (exact) mass is 241 g/mol. The van der Waals surface area contributed by atoms with E-state index in [1.54, 1.807) is 7.11 Å². The van der Waals surface area contributed by atoms with Gasteiger partial charge in [0.2, 0.25) is 0 Å². The first kappa shape index (κ1) is 13.3. The van der Waals surface area contributed by atoms with Crippen LogP contribution in [0.3, 0.4) is 0 Å². The second-order valence-corrected chi connectivity index (χ2v) is 5.63. The van der Waals surface area contributed by atoms with Gasteiger partial charge in [-0.15, -0.1) is 0 Å². The molecule has 2 saturated carbocycles. The molecule has 2 bridgehead atoms. The number of rotatable bonds is 8. The summed E-state index contributed by atoms with van der Waals surface area (Å²) in [5.41, 5.74) is 0. The Morgan fingerprint density at radius 3 is 2.65 bits per heavy atom. The van der Waals surface area contributed by atoms with Crippen molar-refractivity contribution in [1.29, 1.82) is 0 Å². The number of hydrogen-bond acceptors (Lipinski definition) is 3. The van der Waals surface area contributed by atoms with Crippen LogP contribution in [0.5, 0.6) is 0 Å². The number of fused-ring (bicyclic) bond motifs is 2. The highest BCUT2D eigenvalue weighted by Gasteiger charge is 2.42. The summed E-state index contributed by atoms with van der Waals surface area (Å²) in [6.07, 6.45) is 7.05. The molecule has 0 aliphatic heterocycles. The maximum Gasteiger partial charge on any atom is 0.0700 e. The van der Waals surface area contributed by atoms with Crippen LogP contribution >= 0.6 is 0 Å². The minimum absolute atomic E-state index is 0.660. The Hall–Kier alpha value is -0.120. The molecule has 1 N–H and O–H groups in total. The summed E-state index contributed by atoms with van der Waals surface area (Å²) >= 11 is 0. The van der Waals surface area contributed by atoms with Crippen LogP contribution in [-0.4, -0.2) is 40.0 Å². The molecule has 4 atom stereocenters. The highest BCUT2D eigenvalue weighted by molar-refractivity contribution is 4.94. The van der Waals surface area contributed by atoms with Crippen LogP contribution in [0, 0.1) is 17.8 Å². The normalized spacial score (nSPS) is 33.2. The molecule has 100 valence electrons. The van der Waals surface area contributed by atoms with Gasteiger partial charge in [-0.05, 0) is 50.5 Å². The maximum absolute atomic E-state index is 5.58. The number of hydrogen-bond donors (Lipinski definition) is 1. The lowest BCUT2D eigenvalue weighted by Crippen LogP contribution is -2.37. The summed E-state index contributed by atoms with van der Waals surface area (Å²) in [4.78, 5) is 0. The average Bonchev–Trinajstić information content (AvgIpc) is 2.96. The van der Waals surface area contributed by atoms with E-state index in [1.807, 2.05) is 0 Å². The molecule has 0 aromatic rings. The van der Waals surface area contributed by atoms with Crippen molar-refractivity contribution in [3.63, 3.8) is 0 Å². The van der Waals surface area contributed by atoms with Gasteiger partial charge in [-0.1, -0.05) is 6.42 Å². The van der Waals surface area contributed by atoms with Crippen LogP contribution in [0.1, 0.15) is 32.1 Å². The second-order valence-electron chi connectivity index (χ2n) is 5.63. The molecule has 0 aromatic carbocycles. The molecule has 0 saturated heterocycles. The largest absolute Gasteiger partial charge is 0.382 e. The molecule has 0 spiro atoms. The zero-order valence-corrected chi connectivity index (χ0v) is 11.3. The molecule has 0 heterocycles. The van der Waals surface area contributed by atoms with E-state index in [0.29, 0.717) is 12.6 Å². The zero-order chi connectivity index (χ0) is 12.1. The zero-order valence-electron chi connectivity index (χ0n) is 11.3. The lowest BCUT2D eigenvalue weighted by atomic mass is 9.82. The molecule has 0 amide bonds. The third-order valence-corrected chi connectivity index (χ3v) is 4.69. The third-order valence-electron chi connectivity index (χ3n) is 4.69. The van der Waals surface area contributed by atoms with Crippen LogP contribution in [0.15, 0.2) is 0 Å². The standard InChI is InChI=1S/C14H27NO2/c1-15-14(5-6-17-8-7-16-2)13-10-11-3-4-12(13)9-11/h11-15H,3-10H2,1-2H3. The van der Waals surface area contributed by atoms with E-state index in [2.05, 4.69) is 12.4 Å². The summed E-state index contributed by atoms with van der Waals surface area (Å²) in [5.74, 6) is 2.94. The fourth-order valence-corrected chi connectivity index (χ4v) is 3.81. The van der Waals surface area contributed by atoms with E-state index >= 15 is 0 Å². The molecule has 0 radical (unpaired) electrons. The van der Waals surface area contributed by atoms with Gasteiger partial charge >= 0.3 is 0 Å². The van der Waals surface area contributed by atoms with Crippen molar-refractivity contribution in [2.45, 2.75) is 38.1 Å². The van der Waals surface area contributed by atoms with Gasteiger partial charge in [-0.2, -0.15) is 0 Å². The maximum atomic E-state index is 5.58. The van der Waals surface area contributed by atoms with E-state index in [0.717, 1.165) is 37.4 Å². The highest BCUT2D eigenvalue weighted by Crippen LogP contribution is 2.49. The summed E-state index contributed by atoms with van der Waals surface area (Å²) < 4.78 is 10.6. The molecule has 3 nitrogen and oxygen atoms in total. The molecule has 2 fully saturated rings. The van der Waals surface area contributed by atoms with Crippen LogP contribution in [-0.2, 0) is 9.47 Å². The number of ether oxygens (including phenoxy) is 2. The van der Waals surface area contributed by atoms with E-state index in [4.69, 9.17) is 9.47 Å². The summed E-state index contributed by atoms with van der Waals surface area (Å²) in [6, 6.07) is 0.660. The van der Waals surface area contributed by atoms with Crippen molar-refractivity contribution in [2.75, 3.05) is 34.0 Å². The average molecular weight is 241 g/mol. The van der Waals surface area contributed by atoms with Crippen molar-refractivity contribution in [3.8, 4) is 0 Å². The lowest BCUT2D eigenvalue weighted by Gasteiger charge is -2.30. The molecule has 2 aliphatic rings. The Balaban J connectivity index is 1.66. The Morgan fingerprint density at radius 2 is 2.06 bits per heavy atom. The Labute approximate surface area is 105 Å². The molecular weight excluding hydrogens is 214 g/mol. The predicted octanol–water partition coefficient (Wildman–Crippen LogP) is 2.06. The van der Waals surface area contributed by atoms with Crippen LogP contribution in [0.4, 0.5) is 0 Å².